The molecule has 0 saturated heterocycles. The van der Waals surface area contributed by atoms with Gasteiger partial charge in [-0.15, -0.1) is 0 Å². The van der Waals surface area contributed by atoms with Gasteiger partial charge in [0.15, 0.2) is 8.39 Å². The van der Waals surface area contributed by atoms with Crippen molar-refractivity contribution in [2.75, 3.05) is 0 Å². The van der Waals surface area contributed by atoms with Gasteiger partial charge in [0.25, 0.3) is 0 Å². The van der Waals surface area contributed by atoms with Gasteiger partial charge in [-0.3, -0.25) is 0 Å². The van der Waals surface area contributed by atoms with Crippen LogP contribution in [0.5, 0.6) is 0 Å². The van der Waals surface area contributed by atoms with Crippen molar-refractivity contribution in [2.45, 2.75) is 0 Å². The molecule has 0 heterocycles. The summed E-state index contributed by atoms with van der Waals surface area (Å²) < 4.78 is 17.3. The van der Waals surface area contributed by atoms with Crippen molar-refractivity contribution in [1.82, 2.24) is 0 Å². The molecular formula is H3O2PS2. The molecule has 0 rings (SSSR count). The molecule has 1 N–H and O–H groups in total. The van der Waals surface area contributed by atoms with E-state index in [2.05, 4.69) is 11.2 Å². The zero-order chi connectivity index (χ0) is 4.50. The van der Waals surface area contributed by atoms with Gasteiger partial charge in [-0.1, -0.05) is 0 Å². The molecule has 0 amide bonds. The molecule has 0 bridgehead atoms. The van der Waals surface area contributed by atoms with Crippen molar-refractivity contribution in [3.63, 3.8) is 0 Å². The van der Waals surface area contributed by atoms with Gasteiger partial charge in [-0.2, -0.15) is 0 Å². The fourth-order valence-electron chi connectivity index (χ4n) is 0. The topological polar surface area (TPSA) is 37.3 Å². The summed E-state index contributed by atoms with van der Waals surface area (Å²) in [6.07, 6.45) is 0. The molecule has 0 aliphatic heterocycles. The first kappa shape index (κ1) is 5.76. The fraction of sp³-hybridized carbons (Fsp3) is 0. The molecule has 0 fully saturated rings. The maximum Gasteiger partial charge on any atom is 0.153 e. The predicted octanol–water partition coefficient (Wildman–Crippen LogP) is -0.00420. The van der Waals surface area contributed by atoms with Crippen LogP contribution in [0.3, 0.4) is 0 Å². The second kappa shape index (κ2) is 1.47. The van der Waals surface area contributed by atoms with Crippen LogP contribution in [0.4, 0.5) is 0 Å². The molecule has 0 spiro atoms. The number of hydrogen-bond acceptors (Lipinski definition) is 2. The van der Waals surface area contributed by atoms with E-state index in [4.69, 9.17) is 4.55 Å². The minimum absolute atomic E-state index is 1.61. The molecule has 5 heavy (non-hydrogen) atoms. The van der Waals surface area contributed by atoms with E-state index in [0.29, 0.717) is 0 Å². The van der Waals surface area contributed by atoms with Crippen molar-refractivity contribution >= 4 is 28.0 Å². The van der Waals surface area contributed by atoms with Crippen molar-refractivity contribution in [2.24, 2.45) is 0 Å². The van der Waals surface area contributed by atoms with E-state index >= 15 is 0 Å². The Balaban J connectivity index is 4.06. The zero-order valence-electron chi connectivity index (χ0n) is 2.25. The summed E-state index contributed by atoms with van der Waals surface area (Å²) in [6.45, 7) is 0. The summed E-state index contributed by atoms with van der Waals surface area (Å²) in [7, 11) is -1.30. The fourth-order valence-corrected chi connectivity index (χ4v) is 0. The minimum Gasteiger partial charge on any atom is -0.303 e. The highest BCUT2D eigenvalue weighted by atomic mass is 33.1. The van der Waals surface area contributed by atoms with Crippen LogP contribution in [0.1, 0.15) is 0 Å². The largest absolute Gasteiger partial charge is 0.303 e. The smallest absolute Gasteiger partial charge is 0.153 e. The second-order valence-electron chi connectivity index (χ2n) is 0.515. The summed E-state index contributed by atoms with van der Waals surface area (Å²) in [6, 6.07) is 0. The molecule has 2 nitrogen and oxygen atoms in total. The minimum atomic E-state index is -2.92. The second-order valence-corrected chi connectivity index (χ2v) is 5.92. The van der Waals surface area contributed by atoms with Crippen LogP contribution in [0.2, 0.25) is 0 Å². The Kier molecular flexibility index (Phi) is 1.70. The average molecular weight is 130 g/mol. The van der Waals surface area contributed by atoms with Crippen molar-refractivity contribution in [1.29, 1.82) is 0 Å². The van der Waals surface area contributed by atoms with E-state index in [1.807, 2.05) is 0 Å². The first-order chi connectivity index (χ1) is 2.00. The molecule has 0 aliphatic rings. The number of hydrogen-bond donors (Lipinski definition) is 1. The maximum absolute atomic E-state index is 9.52. The van der Waals surface area contributed by atoms with E-state index < -0.39 is 8.39 Å². The lowest BCUT2D eigenvalue weighted by Gasteiger charge is -1.74. The van der Waals surface area contributed by atoms with Gasteiger partial charge in [-0.25, -0.2) is 4.21 Å². The predicted molar refractivity (Wildman–Crippen MR) is 27.8 cm³/mol. The summed E-state index contributed by atoms with van der Waals surface area (Å²) in [5, 5.41) is 0. The summed E-state index contributed by atoms with van der Waals surface area (Å²) in [5.41, 5.74) is 0. The van der Waals surface area contributed by atoms with E-state index in [1.165, 1.54) is 0 Å². The van der Waals surface area contributed by atoms with Gasteiger partial charge in [0.1, 0.15) is 0 Å². The first-order valence-corrected chi connectivity index (χ1v) is 4.67. The molecule has 0 aromatic rings. The third-order valence-electron chi connectivity index (χ3n) is 0. The molecule has 0 aromatic heterocycles. The molecule has 2 atom stereocenters. The summed E-state index contributed by atoms with van der Waals surface area (Å²) in [5.74, 6) is 0. The van der Waals surface area contributed by atoms with Crippen LogP contribution >= 0.6 is 8.44 Å². The van der Waals surface area contributed by atoms with Crippen LogP contribution in [-0.4, -0.2) is 8.76 Å². The summed E-state index contributed by atoms with van der Waals surface area (Å²) >= 11 is 3.87. The van der Waals surface area contributed by atoms with Crippen molar-refractivity contribution in [3.8, 4) is 0 Å². The first-order valence-electron chi connectivity index (χ1n) is 0.752. The number of rotatable bonds is 0. The van der Waals surface area contributed by atoms with E-state index in [-0.39, 0.29) is 0 Å². The Morgan fingerprint density at radius 1 is 2.00 bits per heavy atom. The SMILES string of the molecule is O=S(O)(P)=S. The highest BCUT2D eigenvalue weighted by Gasteiger charge is 1.75. The van der Waals surface area contributed by atoms with Crippen LogP contribution < -0.4 is 0 Å². The Hall–Kier alpha value is 0.760. The standard InChI is InChI=1S/H3O2PS2/c1-5(2,3)4/h3H2,(H,1,2,4). The average Bonchev–Trinajstić information content (AvgIpc) is 0.722. The van der Waals surface area contributed by atoms with Crippen LogP contribution in [0.25, 0.3) is 0 Å². The van der Waals surface area contributed by atoms with Gasteiger partial charge in [-0.05, 0) is 8.44 Å². The lowest BCUT2D eigenvalue weighted by molar-refractivity contribution is 0.578. The van der Waals surface area contributed by atoms with Crippen molar-refractivity contribution in [3.05, 3.63) is 0 Å². The molecule has 32 valence electrons. The summed E-state index contributed by atoms with van der Waals surface area (Å²) in [4.78, 5) is 0. The van der Waals surface area contributed by atoms with Gasteiger partial charge < -0.3 is 4.55 Å². The normalized spacial score (nSPS) is 21.2. The van der Waals surface area contributed by atoms with Gasteiger partial charge >= 0.3 is 0 Å². The van der Waals surface area contributed by atoms with Gasteiger partial charge in [0.05, 0.1) is 0 Å². The Labute approximate surface area is 37.4 Å². The Bertz CT molecular complexity index is 90.8. The van der Waals surface area contributed by atoms with Crippen LogP contribution in [-0.2, 0) is 19.6 Å². The molecular weight excluding hydrogens is 127 g/mol. The van der Waals surface area contributed by atoms with Crippen LogP contribution in [0.15, 0.2) is 0 Å². The molecule has 2 unspecified atom stereocenters. The Morgan fingerprint density at radius 3 is 2.00 bits per heavy atom. The third-order valence-corrected chi connectivity index (χ3v) is 0. The monoisotopic (exact) mass is 130 g/mol. The molecule has 0 aromatic carbocycles. The molecule has 0 aliphatic carbocycles. The highest BCUT2D eigenvalue weighted by molar-refractivity contribution is 8.58. The Morgan fingerprint density at radius 2 is 2.00 bits per heavy atom. The lowest BCUT2D eigenvalue weighted by atomic mass is 15.9. The lowest BCUT2D eigenvalue weighted by Crippen LogP contribution is -1.73. The van der Waals surface area contributed by atoms with Gasteiger partial charge in [0.2, 0.25) is 0 Å². The third kappa shape index (κ3) is 62.8. The van der Waals surface area contributed by atoms with Crippen molar-refractivity contribution < 1.29 is 8.76 Å². The maximum atomic E-state index is 9.52. The molecule has 0 saturated carbocycles. The van der Waals surface area contributed by atoms with Gasteiger partial charge in [0, 0.05) is 11.2 Å². The quantitative estimate of drug-likeness (QED) is 0.469. The van der Waals surface area contributed by atoms with E-state index in [9.17, 15) is 4.21 Å². The zero-order valence-corrected chi connectivity index (χ0v) is 5.04. The van der Waals surface area contributed by atoms with E-state index in [0.717, 1.165) is 0 Å². The van der Waals surface area contributed by atoms with Crippen LogP contribution in [0, 0.1) is 0 Å². The molecule has 0 radical (unpaired) electrons. The van der Waals surface area contributed by atoms with E-state index in [1.54, 1.807) is 8.44 Å². The molecule has 5 heteroatoms. The highest BCUT2D eigenvalue weighted by Crippen LogP contribution is 1.90.